The van der Waals surface area contributed by atoms with Crippen molar-refractivity contribution in [2.24, 2.45) is 0 Å². The van der Waals surface area contributed by atoms with Crippen molar-refractivity contribution in [3.63, 3.8) is 0 Å². The van der Waals surface area contributed by atoms with Gasteiger partial charge in [0.15, 0.2) is 5.78 Å². The standard InChI is InChI=1S/C13H12F3N3O3S/c1-7(20)8-2-3-9(23-8)12-19-18-11(22-12)5-4-10(21)17-6-13(14,15)16/h2-3H,4-6H2,1H3,(H,17,21). The molecule has 0 aromatic carbocycles. The highest BCUT2D eigenvalue weighted by Crippen LogP contribution is 2.27. The van der Waals surface area contributed by atoms with Gasteiger partial charge in [-0.25, -0.2) is 0 Å². The molecule has 2 heterocycles. The van der Waals surface area contributed by atoms with Crippen molar-refractivity contribution in [2.75, 3.05) is 6.54 Å². The Hall–Kier alpha value is -2.23. The maximum Gasteiger partial charge on any atom is 0.405 e. The molecule has 0 radical (unpaired) electrons. The van der Waals surface area contributed by atoms with Gasteiger partial charge in [-0.3, -0.25) is 9.59 Å². The fourth-order valence-corrected chi connectivity index (χ4v) is 2.43. The highest BCUT2D eigenvalue weighted by Gasteiger charge is 2.27. The van der Waals surface area contributed by atoms with E-state index in [1.807, 2.05) is 0 Å². The molecule has 0 saturated carbocycles. The van der Waals surface area contributed by atoms with Crippen LogP contribution in [-0.2, 0) is 11.2 Å². The topological polar surface area (TPSA) is 85.1 Å². The smallest absolute Gasteiger partial charge is 0.405 e. The molecule has 0 aliphatic rings. The highest BCUT2D eigenvalue weighted by molar-refractivity contribution is 7.17. The minimum absolute atomic E-state index is 0.0294. The van der Waals surface area contributed by atoms with Gasteiger partial charge >= 0.3 is 6.18 Å². The Morgan fingerprint density at radius 1 is 1.30 bits per heavy atom. The lowest BCUT2D eigenvalue weighted by Gasteiger charge is -2.07. The lowest BCUT2D eigenvalue weighted by Crippen LogP contribution is -2.33. The summed E-state index contributed by atoms with van der Waals surface area (Å²) in [6.07, 6.45) is -4.61. The van der Waals surface area contributed by atoms with Crippen LogP contribution in [0.3, 0.4) is 0 Å². The van der Waals surface area contributed by atoms with E-state index in [1.165, 1.54) is 18.3 Å². The van der Waals surface area contributed by atoms with Gasteiger partial charge in [-0.05, 0) is 19.1 Å². The third-order valence-corrected chi connectivity index (χ3v) is 3.86. The van der Waals surface area contributed by atoms with Gasteiger partial charge in [-0.2, -0.15) is 13.2 Å². The summed E-state index contributed by atoms with van der Waals surface area (Å²) in [4.78, 5) is 23.7. The van der Waals surface area contributed by atoms with E-state index in [0.29, 0.717) is 9.75 Å². The molecule has 0 spiro atoms. The summed E-state index contributed by atoms with van der Waals surface area (Å²) in [5, 5.41) is 9.28. The monoisotopic (exact) mass is 347 g/mol. The number of halogens is 3. The van der Waals surface area contributed by atoms with Crippen LogP contribution in [0.25, 0.3) is 10.8 Å². The number of ketones is 1. The Bertz CT molecular complexity index is 709. The van der Waals surface area contributed by atoms with Crippen LogP contribution in [-0.4, -0.2) is 34.6 Å². The molecular formula is C13H12F3N3O3S. The van der Waals surface area contributed by atoms with Gasteiger partial charge in [0.2, 0.25) is 11.8 Å². The number of hydrogen-bond donors (Lipinski definition) is 1. The predicted octanol–water partition coefficient (Wildman–Crippen LogP) is 2.61. The van der Waals surface area contributed by atoms with Crippen molar-refractivity contribution in [3.8, 4) is 10.8 Å². The minimum Gasteiger partial charge on any atom is -0.420 e. The molecule has 6 nitrogen and oxygen atoms in total. The number of carbonyl (C=O) groups is 2. The molecule has 0 fully saturated rings. The molecule has 0 atom stereocenters. The summed E-state index contributed by atoms with van der Waals surface area (Å²) < 4.78 is 41.2. The van der Waals surface area contributed by atoms with Gasteiger partial charge in [0.05, 0.1) is 9.75 Å². The summed E-state index contributed by atoms with van der Waals surface area (Å²) in [6.45, 7) is 0.0678. The van der Waals surface area contributed by atoms with Crippen LogP contribution in [0, 0.1) is 0 Å². The number of Topliss-reactive ketones (excluding diaryl/α,β-unsaturated/α-hetero) is 1. The van der Waals surface area contributed by atoms with E-state index >= 15 is 0 Å². The molecular weight excluding hydrogens is 335 g/mol. The third kappa shape index (κ3) is 5.16. The van der Waals surface area contributed by atoms with Gasteiger partial charge < -0.3 is 9.73 Å². The maximum atomic E-state index is 12.0. The van der Waals surface area contributed by atoms with E-state index in [0.717, 1.165) is 0 Å². The van der Waals surface area contributed by atoms with Gasteiger partial charge in [0, 0.05) is 12.8 Å². The van der Waals surface area contributed by atoms with Crippen LogP contribution in [0.15, 0.2) is 16.5 Å². The molecule has 2 aromatic heterocycles. The Kier molecular flexibility index (Phi) is 5.14. The molecule has 0 aliphatic carbocycles. The van der Waals surface area contributed by atoms with Crippen LogP contribution < -0.4 is 5.32 Å². The lowest BCUT2D eigenvalue weighted by molar-refractivity contribution is -0.138. The molecule has 0 unspecified atom stereocenters. The summed E-state index contributed by atoms with van der Waals surface area (Å²) in [5.74, 6) is -0.493. The molecule has 0 aliphatic heterocycles. The number of rotatable bonds is 6. The zero-order chi connectivity index (χ0) is 17.0. The number of thiophene rings is 1. The molecule has 1 N–H and O–H groups in total. The Labute approximate surface area is 132 Å². The summed E-state index contributed by atoms with van der Waals surface area (Å²) in [7, 11) is 0. The lowest BCUT2D eigenvalue weighted by atomic mass is 10.3. The normalized spacial score (nSPS) is 11.5. The zero-order valence-electron chi connectivity index (χ0n) is 11.9. The van der Waals surface area contributed by atoms with Crippen molar-refractivity contribution in [2.45, 2.75) is 25.9 Å². The number of nitrogens with one attached hydrogen (secondary N) is 1. The molecule has 0 saturated heterocycles. The molecule has 2 rings (SSSR count). The first-order valence-electron chi connectivity index (χ1n) is 6.51. The summed E-state index contributed by atoms with van der Waals surface area (Å²) >= 11 is 1.19. The largest absolute Gasteiger partial charge is 0.420 e. The first-order valence-corrected chi connectivity index (χ1v) is 7.33. The molecule has 2 aromatic rings. The quantitative estimate of drug-likeness (QED) is 0.812. The number of nitrogens with zero attached hydrogens (tertiary/aromatic N) is 2. The van der Waals surface area contributed by atoms with E-state index in [2.05, 4.69) is 10.2 Å². The SMILES string of the molecule is CC(=O)c1ccc(-c2nnc(CCC(=O)NCC(F)(F)F)o2)s1. The van der Waals surface area contributed by atoms with E-state index in [1.54, 1.807) is 17.4 Å². The first kappa shape index (κ1) is 17.1. The van der Waals surface area contributed by atoms with Crippen LogP contribution in [0.2, 0.25) is 0 Å². The van der Waals surface area contributed by atoms with E-state index in [4.69, 9.17) is 4.42 Å². The molecule has 0 bridgehead atoms. The van der Waals surface area contributed by atoms with Crippen molar-refractivity contribution in [3.05, 3.63) is 22.9 Å². The fraction of sp³-hybridized carbons (Fsp3) is 0.385. The Morgan fingerprint density at radius 2 is 2.04 bits per heavy atom. The van der Waals surface area contributed by atoms with Crippen molar-refractivity contribution < 1.29 is 27.2 Å². The number of alkyl halides is 3. The number of hydrogen-bond acceptors (Lipinski definition) is 6. The van der Waals surface area contributed by atoms with Crippen LogP contribution in [0.1, 0.15) is 28.9 Å². The summed E-state index contributed by atoms with van der Waals surface area (Å²) in [5.41, 5.74) is 0. The second-order valence-corrected chi connectivity index (χ2v) is 5.70. The molecule has 124 valence electrons. The maximum absolute atomic E-state index is 12.0. The van der Waals surface area contributed by atoms with Gasteiger partial charge in [0.1, 0.15) is 6.54 Å². The number of aromatic nitrogens is 2. The number of carbonyl (C=O) groups excluding carboxylic acids is 2. The molecule has 10 heteroatoms. The Morgan fingerprint density at radius 3 is 2.65 bits per heavy atom. The number of aryl methyl sites for hydroxylation is 1. The summed E-state index contributed by atoms with van der Waals surface area (Å²) in [6, 6.07) is 3.30. The molecule has 1 amide bonds. The average molecular weight is 347 g/mol. The fourth-order valence-electron chi connectivity index (χ4n) is 1.60. The predicted molar refractivity (Wildman–Crippen MR) is 75.0 cm³/mol. The van der Waals surface area contributed by atoms with E-state index in [-0.39, 0.29) is 30.4 Å². The number of amides is 1. The van der Waals surface area contributed by atoms with Gasteiger partial charge in [-0.1, -0.05) is 0 Å². The van der Waals surface area contributed by atoms with Crippen molar-refractivity contribution in [1.82, 2.24) is 15.5 Å². The van der Waals surface area contributed by atoms with Gasteiger partial charge in [0.25, 0.3) is 5.89 Å². The zero-order valence-corrected chi connectivity index (χ0v) is 12.8. The van der Waals surface area contributed by atoms with Crippen LogP contribution >= 0.6 is 11.3 Å². The van der Waals surface area contributed by atoms with Crippen LogP contribution in [0.4, 0.5) is 13.2 Å². The molecule has 23 heavy (non-hydrogen) atoms. The average Bonchev–Trinajstić information content (AvgIpc) is 3.10. The first-order chi connectivity index (χ1) is 10.7. The van der Waals surface area contributed by atoms with E-state index in [9.17, 15) is 22.8 Å². The third-order valence-electron chi connectivity index (χ3n) is 2.68. The second-order valence-electron chi connectivity index (χ2n) is 4.61. The van der Waals surface area contributed by atoms with Crippen molar-refractivity contribution in [1.29, 1.82) is 0 Å². The highest BCUT2D eigenvalue weighted by atomic mass is 32.1. The van der Waals surface area contributed by atoms with Crippen LogP contribution in [0.5, 0.6) is 0 Å². The minimum atomic E-state index is -4.44. The van der Waals surface area contributed by atoms with Crippen molar-refractivity contribution >= 4 is 23.0 Å². The van der Waals surface area contributed by atoms with Gasteiger partial charge in [-0.15, -0.1) is 21.5 Å². The Balaban J connectivity index is 1.89. The second kappa shape index (κ2) is 6.90. The van der Waals surface area contributed by atoms with E-state index < -0.39 is 18.6 Å².